The predicted octanol–water partition coefficient (Wildman–Crippen LogP) is 3.42. The molecule has 1 atom stereocenters. The lowest BCUT2D eigenvalue weighted by molar-refractivity contribution is 0.0709. The Morgan fingerprint density at radius 1 is 0.971 bits per heavy atom. The maximum atomic E-state index is 13.4. The molecule has 1 aliphatic heterocycles. The van der Waals surface area contributed by atoms with E-state index in [1.165, 1.54) is 30.0 Å². The van der Waals surface area contributed by atoms with Crippen molar-refractivity contribution in [2.75, 3.05) is 25.0 Å². The van der Waals surface area contributed by atoms with Gasteiger partial charge in [-0.25, -0.2) is 9.97 Å². The number of carbonyl (C=O) groups excluding carboxylic acids is 2. The Bertz CT molecular complexity index is 1180. The van der Waals surface area contributed by atoms with Gasteiger partial charge in [-0.1, -0.05) is 6.07 Å². The van der Waals surface area contributed by atoms with Crippen LogP contribution in [-0.2, 0) is 6.42 Å². The number of benzene rings is 1. The van der Waals surface area contributed by atoms with Crippen LogP contribution in [0.5, 0.6) is 0 Å². The molecule has 1 unspecified atom stereocenters. The molecule has 2 amide bonds. The Morgan fingerprint density at radius 2 is 1.71 bits per heavy atom. The van der Waals surface area contributed by atoms with E-state index >= 15 is 0 Å². The topological polar surface area (TPSA) is 91.3 Å². The van der Waals surface area contributed by atoms with Crippen molar-refractivity contribution >= 4 is 17.5 Å². The van der Waals surface area contributed by atoms with Crippen LogP contribution < -0.4 is 10.2 Å². The molecule has 0 radical (unpaired) electrons. The van der Waals surface area contributed by atoms with E-state index in [2.05, 4.69) is 25.2 Å². The minimum atomic E-state index is -0.196. The van der Waals surface area contributed by atoms with E-state index in [1.54, 1.807) is 0 Å². The number of aromatic nitrogens is 3. The molecule has 2 aliphatic rings. The standard InChI is InChI=1S/C27H30N6O2/c1-32(22-9-13-33(14-10-22)23-7-11-28-12-8-23)27(35)20-6-5-19-3-2-4-25(24(19)15-20)31-26(34)21-16-29-18-30-17-21/h5-8,11-12,15-18,22,25H,2-4,9-10,13-14H2,1H3,(H,31,34). The Balaban J connectivity index is 1.27. The zero-order valence-corrected chi connectivity index (χ0v) is 19.9. The zero-order valence-electron chi connectivity index (χ0n) is 19.9. The quantitative estimate of drug-likeness (QED) is 0.614. The lowest BCUT2D eigenvalue weighted by Crippen LogP contribution is -2.45. The molecule has 1 aromatic carbocycles. The number of amides is 2. The molecule has 3 aromatic rings. The van der Waals surface area contributed by atoms with Crippen molar-refractivity contribution in [2.24, 2.45) is 0 Å². The summed E-state index contributed by atoms with van der Waals surface area (Å²) in [6, 6.07) is 10.1. The SMILES string of the molecule is CN(C(=O)c1ccc2c(c1)C(NC(=O)c1cncnc1)CCC2)C1CCN(c2ccncc2)CC1. The van der Waals surface area contributed by atoms with Crippen molar-refractivity contribution in [1.29, 1.82) is 0 Å². The normalized spacial score (nSPS) is 18.0. The number of carbonyl (C=O) groups is 2. The van der Waals surface area contributed by atoms with Gasteiger partial charge in [0.05, 0.1) is 11.6 Å². The summed E-state index contributed by atoms with van der Waals surface area (Å²) in [5.41, 5.74) is 4.51. The van der Waals surface area contributed by atoms with Gasteiger partial charge in [-0.2, -0.15) is 0 Å². The number of hydrogen-bond donors (Lipinski definition) is 1. The first-order chi connectivity index (χ1) is 17.1. The van der Waals surface area contributed by atoms with Gasteiger partial charge in [0, 0.05) is 62.2 Å². The van der Waals surface area contributed by atoms with E-state index in [0.717, 1.165) is 50.8 Å². The highest BCUT2D eigenvalue weighted by molar-refractivity contribution is 5.95. The molecule has 0 spiro atoms. The summed E-state index contributed by atoms with van der Waals surface area (Å²) in [7, 11) is 1.91. The number of nitrogens with one attached hydrogen (secondary N) is 1. The summed E-state index contributed by atoms with van der Waals surface area (Å²) in [4.78, 5) is 42.4. The van der Waals surface area contributed by atoms with Crippen LogP contribution in [0.25, 0.3) is 0 Å². The predicted molar refractivity (Wildman–Crippen MR) is 133 cm³/mol. The van der Waals surface area contributed by atoms with Crippen LogP contribution in [0.3, 0.4) is 0 Å². The Kier molecular flexibility index (Phi) is 6.70. The summed E-state index contributed by atoms with van der Waals surface area (Å²) in [6.07, 6.45) is 12.7. The number of anilines is 1. The van der Waals surface area contributed by atoms with Crippen LogP contribution in [0, 0.1) is 0 Å². The second-order valence-electron chi connectivity index (χ2n) is 9.30. The fourth-order valence-electron chi connectivity index (χ4n) is 5.18. The Morgan fingerprint density at radius 3 is 2.46 bits per heavy atom. The van der Waals surface area contributed by atoms with Crippen LogP contribution in [0.15, 0.2) is 61.4 Å². The van der Waals surface area contributed by atoms with E-state index in [9.17, 15) is 9.59 Å². The average Bonchev–Trinajstić information content (AvgIpc) is 2.93. The van der Waals surface area contributed by atoms with Crippen LogP contribution >= 0.6 is 0 Å². The highest BCUT2D eigenvalue weighted by Gasteiger charge is 2.28. The number of nitrogens with zero attached hydrogens (tertiary/aromatic N) is 5. The summed E-state index contributed by atoms with van der Waals surface area (Å²) < 4.78 is 0. The number of rotatable bonds is 5. The third-order valence-electron chi connectivity index (χ3n) is 7.20. The van der Waals surface area contributed by atoms with Crippen molar-refractivity contribution in [2.45, 2.75) is 44.2 Å². The monoisotopic (exact) mass is 470 g/mol. The fourth-order valence-corrected chi connectivity index (χ4v) is 5.18. The molecule has 2 aromatic heterocycles. The first-order valence-corrected chi connectivity index (χ1v) is 12.2. The minimum Gasteiger partial charge on any atom is -0.371 e. The molecule has 1 aliphatic carbocycles. The number of hydrogen-bond acceptors (Lipinski definition) is 6. The molecule has 8 nitrogen and oxygen atoms in total. The fraction of sp³-hybridized carbons (Fsp3) is 0.370. The first-order valence-electron chi connectivity index (χ1n) is 12.2. The average molecular weight is 471 g/mol. The second-order valence-corrected chi connectivity index (χ2v) is 9.30. The number of piperidine rings is 1. The molecule has 180 valence electrons. The minimum absolute atomic E-state index is 0.0299. The van der Waals surface area contributed by atoms with Gasteiger partial charge in [-0.05, 0) is 67.5 Å². The molecule has 0 bridgehead atoms. The lowest BCUT2D eigenvalue weighted by atomic mass is 9.86. The van der Waals surface area contributed by atoms with Crippen molar-refractivity contribution in [1.82, 2.24) is 25.2 Å². The van der Waals surface area contributed by atoms with Crippen molar-refractivity contribution in [3.63, 3.8) is 0 Å². The molecule has 8 heteroatoms. The number of fused-ring (bicyclic) bond motifs is 1. The highest BCUT2D eigenvalue weighted by Crippen LogP contribution is 2.31. The van der Waals surface area contributed by atoms with Gasteiger partial charge in [0.15, 0.2) is 0 Å². The van der Waals surface area contributed by atoms with E-state index in [0.29, 0.717) is 11.1 Å². The molecule has 1 fully saturated rings. The maximum Gasteiger partial charge on any atom is 0.254 e. The molecule has 1 saturated heterocycles. The molecule has 35 heavy (non-hydrogen) atoms. The Labute approximate surface area is 205 Å². The van der Waals surface area contributed by atoms with Gasteiger partial charge in [-0.3, -0.25) is 14.6 Å². The number of aryl methyl sites for hydroxylation is 1. The maximum absolute atomic E-state index is 13.4. The molecular formula is C27H30N6O2. The van der Waals surface area contributed by atoms with Crippen LogP contribution in [0.4, 0.5) is 5.69 Å². The van der Waals surface area contributed by atoms with Gasteiger partial charge in [0.25, 0.3) is 11.8 Å². The summed E-state index contributed by atoms with van der Waals surface area (Å²) in [5, 5.41) is 3.12. The van der Waals surface area contributed by atoms with Crippen molar-refractivity contribution in [3.8, 4) is 0 Å². The van der Waals surface area contributed by atoms with E-state index in [-0.39, 0.29) is 23.9 Å². The second kappa shape index (κ2) is 10.2. The van der Waals surface area contributed by atoms with Crippen LogP contribution in [0.2, 0.25) is 0 Å². The van der Waals surface area contributed by atoms with E-state index in [1.807, 2.05) is 54.7 Å². The highest BCUT2D eigenvalue weighted by atomic mass is 16.2. The largest absolute Gasteiger partial charge is 0.371 e. The van der Waals surface area contributed by atoms with E-state index < -0.39 is 0 Å². The van der Waals surface area contributed by atoms with Crippen molar-refractivity contribution < 1.29 is 9.59 Å². The molecule has 3 heterocycles. The first kappa shape index (κ1) is 23.0. The molecule has 5 rings (SSSR count). The molecular weight excluding hydrogens is 440 g/mol. The van der Waals surface area contributed by atoms with E-state index in [4.69, 9.17) is 0 Å². The summed E-state index contributed by atoms with van der Waals surface area (Å²) in [5.74, 6) is -0.166. The van der Waals surface area contributed by atoms with Gasteiger partial charge in [0.1, 0.15) is 6.33 Å². The third-order valence-corrected chi connectivity index (χ3v) is 7.20. The summed E-state index contributed by atoms with van der Waals surface area (Å²) >= 11 is 0. The molecule has 0 saturated carbocycles. The van der Waals surface area contributed by atoms with Crippen LogP contribution in [0.1, 0.15) is 63.6 Å². The van der Waals surface area contributed by atoms with Crippen molar-refractivity contribution in [3.05, 3.63) is 83.7 Å². The summed E-state index contributed by atoms with van der Waals surface area (Å²) in [6.45, 7) is 1.82. The Hall–Kier alpha value is -3.81. The van der Waals surface area contributed by atoms with Crippen LogP contribution in [-0.4, -0.2) is 57.8 Å². The van der Waals surface area contributed by atoms with Gasteiger partial charge >= 0.3 is 0 Å². The third kappa shape index (κ3) is 5.01. The van der Waals surface area contributed by atoms with Gasteiger partial charge in [0.2, 0.25) is 0 Å². The number of pyridine rings is 1. The smallest absolute Gasteiger partial charge is 0.254 e. The lowest BCUT2D eigenvalue weighted by Gasteiger charge is -2.38. The van der Waals surface area contributed by atoms with Gasteiger partial charge in [-0.15, -0.1) is 0 Å². The molecule has 1 N–H and O–H groups in total. The zero-order chi connectivity index (χ0) is 24.2. The van der Waals surface area contributed by atoms with Gasteiger partial charge < -0.3 is 15.1 Å².